The van der Waals surface area contributed by atoms with Crippen LogP contribution in [-0.2, 0) is 0 Å². The van der Waals surface area contributed by atoms with Crippen molar-refractivity contribution in [3.05, 3.63) is 47.9 Å². The topological polar surface area (TPSA) is 63.8 Å². The molecule has 7 heteroatoms. The average molecular weight is 266 g/mol. The van der Waals surface area contributed by atoms with Crippen LogP contribution in [0.5, 0.6) is 0 Å². The molecule has 0 unspecified atom stereocenters. The van der Waals surface area contributed by atoms with E-state index in [0.717, 1.165) is 6.07 Å². The minimum absolute atomic E-state index is 0.0161. The molecule has 0 saturated heterocycles. The van der Waals surface area contributed by atoms with Crippen molar-refractivity contribution in [2.75, 3.05) is 5.32 Å². The van der Waals surface area contributed by atoms with Gasteiger partial charge in [-0.1, -0.05) is 18.3 Å². The summed E-state index contributed by atoms with van der Waals surface area (Å²) >= 11 is 4.79. The Morgan fingerprint density at radius 2 is 1.94 bits per heavy atom. The molecule has 0 bridgehead atoms. The van der Waals surface area contributed by atoms with Crippen LogP contribution >= 0.6 is 12.2 Å². The third kappa shape index (κ3) is 2.40. The second kappa shape index (κ2) is 5.01. The number of rotatable bonds is 3. The van der Waals surface area contributed by atoms with Gasteiger partial charge >= 0.3 is 0 Å². The maximum atomic E-state index is 13.5. The van der Waals surface area contributed by atoms with Gasteiger partial charge < -0.3 is 11.1 Å². The molecule has 2 rings (SSSR count). The standard InChI is InChI=1S/C11H8F2N4S/c12-6-2-1-3-7(8(6)13)17-11-9(10(14)18)15-4-5-16-11/h1-5H,(H2,14,18)(H,16,17). The lowest BCUT2D eigenvalue weighted by Crippen LogP contribution is -2.15. The summed E-state index contributed by atoms with van der Waals surface area (Å²) in [5, 5.41) is 2.61. The third-order valence-corrected chi connectivity index (χ3v) is 2.33. The van der Waals surface area contributed by atoms with Crippen molar-refractivity contribution in [2.24, 2.45) is 5.73 Å². The van der Waals surface area contributed by atoms with Gasteiger partial charge in [0.1, 0.15) is 10.7 Å². The monoisotopic (exact) mass is 266 g/mol. The first-order chi connectivity index (χ1) is 8.59. The average Bonchev–Trinajstić information content (AvgIpc) is 2.35. The fourth-order valence-corrected chi connectivity index (χ4v) is 1.49. The van der Waals surface area contributed by atoms with Crippen molar-refractivity contribution in [1.82, 2.24) is 9.97 Å². The van der Waals surface area contributed by atoms with Crippen LogP contribution in [0, 0.1) is 11.6 Å². The van der Waals surface area contributed by atoms with E-state index in [9.17, 15) is 8.78 Å². The third-order valence-electron chi connectivity index (χ3n) is 2.14. The lowest BCUT2D eigenvalue weighted by molar-refractivity contribution is 0.511. The van der Waals surface area contributed by atoms with E-state index in [2.05, 4.69) is 15.3 Å². The predicted molar refractivity (Wildman–Crippen MR) is 67.6 cm³/mol. The van der Waals surface area contributed by atoms with E-state index in [0.29, 0.717) is 0 Å². The first-order valence-corrected chi connectivity index (χ1v) is 5.32. The number of nitrogens with zero attached hydrogens (tertiary/aromatic N) is 2. The molecule has 18 heavy (non-hydrogen) atoms. The number of halogens is 2. The Morgan fingerprint density at radius 1 is 1.22 bits per heavy atom. The van der Waals surface area contributed by atoms with Gasteiger partial charge in [0, 0.05) is 12.4 Å². The Balaban J connectivity index is 2.40. The predicted octanol–water partition coefficient (Wildman–Crippen LogP) is 2.13. The fourth-order valence-electron chi connectivity index (χ4n) is 1.34. The molecular formula is C11H8F2N4S. The van der Waals surface area contributed by atoms with E-state index in [1.807, 2.05) is 0 Å². The van der Waals surface area contributed by atoms with Crippen LogP contribution in [0.1, 0.15) is 5.69 Å². The van der Waals surface area contributed by atoms with Crippen LogP contribution in [0.4, 0.5) is 20.3 Å². The molecule has 0 saturated carbocycles. The van der Waals surface area contributed by atoms with Gasteiger partial charge in [-0.3, -0.25) is 0 Å². The Labute approximate surface area is 107 Å². The fraction of sp³-hybridized carbons (Fsp3) is 0. The molecular weight excluding hydrogens is 258 g/mol. The Kier molecular flexibility index (Phi) is 3.42. The summed E-state index contributed by atoms with van der Waals surface area (Å²) in [6.07, 6.45) is 2.79. The zero-order valence-corrected chi connectivity index (χ0v) is 9.84. The zero-order valence-electron chi connectivity index (χ0n) is 9.02. The summed E-state index contributed by atoms with van der Waals surface area (Å²) in [4.78, 5) is 7.87. The zero-order chi connectivity index (χ0) is 13.1. The molecule has 0 aliphatic rings. The van der Waals surface area contributed by atoms with Crippen LogP contribution in [0.2, 0.25) is 0 Å². The highest BCUT2D eigenvalue weighted by Crippen LogP contribution is 2.21. The van der Waals surface area contributed by atoms with Crippen molar-refractivity contribution < 1.29 is 8.78 Å². The van der Waals surface area contributed by atoms with Crippen LogP contribution in [0.15, 0.2) is 30.6 Å². The second-order valence-electron chi connectivity index (χ2n) is 3.34. The highest BCUT2D eigenvalue weighted by atomic mass is 32.1. The molecule has 0 amide bonds. The number of hydrogen-bond donors (Lipinski definition) is 2. The minimum Gasteiger partial charge on any atom is -0.388 e. The lowest BCUT2D eigenvalue weighted by atomic mass is 10.3. The summed E-state index contributed by atoms with van der Waals surface area (Å²) in [5.41, 5.74) is 5.61. The second-order valence-corrected chi connectivity index (χ2v) is 3.78. The Hall–Kier alpha value is -2.15. The summed E-state index contributed by atoms with van der Waals surface area (Å²) in [5.74, 6) is -1.78. The molecule has 2 aromatic rings. The van der Waals surface area contributed by atoms with E-state index in [4.69, 9.17) is 18.0 Å². The smallest absolute Gasteiger partial charge is 0.182 e. The van der Waals surface area contributed by atoms with E-state index in [-0.39, 0.29) is 22.2 Å². The van der Waals surface area contributed by atoms with Crippen molar-refractivity contribution in [3.63, 3.8) is 0 Å². The maximum Gasteiger partial charge on any atom is 0.182 e. The molecule has 0 aliphatic heterocycles. The minimum atomic E-state index is -1.00. The molecule has 0 aliphatic carbocycles. The summed E-state index contributed by atoms with van der Waals surface area (Å²) < 4.78 is 26.5. The van der Waals surface area contributed by atoms with Gasteiger partial charge in [0.05, 0.1) is 5.69 Å². The van der Waals surface area contributed by atoms with Gasteiger partial charge in [0.2, 0.25) is 0 Å². The molecule has 0 spiro atoms. The first kappa shape index (κ1) is 12.3. The number of benzene rings is 1. The van der Waals surface area contributed by atoms with Crippen LogP contribution in [0.3, 0.4) is 0 Å². The van der Waals surface area contributed by atoms with Crippen molar-refractivity contribution >= 4 is 28.7 Å². The number of hydrogen-bond acceptors (Lipinski definition) is 4. The van der Waals surface area contributed by atoms with Gasteiger partial charge in [-0.15, -0.1) is 0 Å². The number of nitrogens with one attached hydrogen (secondary N) is 1. The molecule has 0 atom stereocenters. The van der Waals surface area contributed by atoms with Crippen molar-refractivity contribution in [1.29, 1.82) is 0 Å². The van der Waals surface area contributed by atoms with Crippen LogP contribution < -0.4 is 11.1 Å². The van der Waals surface area contributed by atoms with Gasteiger partial charge in [-0.25, -0.2) is 18.7 Å². The SMILES string of the molecule is NC(=S)c1nccnc1Nc1cccc(F)c1F. The first-order valence-electron chi connectivity index (χ1n) is 4.91. The highest BCUT2D eigenvalue weighted by Gasteiger charge is 2.12. The highest BCUT2D eigenvalue weighted by molar-refractivity contribution is 7.80. The number of aromatic nitrogens is 2. The van der Waals surface area contributed by atoms with E-state index in [1.165, 1.54) is 24.5 Å². The van der Waals surface area contributed by atoms with Crippen molar-refractivity contribution in [2.45, 2.75) is 0 Å². The van der Waals surface area contributed by atoms with Crippen molar-refractivity contribution in [3.8, 4) is 0 Å². The molecule has 3 N–H and O–H groups in total. The molecule has 0 radical (unpaired) electrons. The number of thiocarbonyl (C=S) groups is 1. The van der Waals surface area contributed by atoms with E-state index >= 15 is 0 Å². The molecule has 1 aromatic carbocycles. The van der Waals surface area contributed by atoms with Gasteiger partial charge in [0.25, 0.3) is 0 Å². The van der Waals surface area contributed by atoms with Crippen LogP contribution in [-0.4, -0.2) is 15.0 Å². The van der Waals surface area contributed by atoms with Crippen LogP contribution in [0.25, 0.3) is 0 Å². The normalized spacial score (nSPS) is 10.1. The van der Waals surface area contributed by atoms with E-state index in [1.54, 1.807) is 0 Å². The number of nitrogens with two attached hydrogens (primary N) is 1. The van der Waals surface area contributed by atoms with E-state index < -0.39 is 11.6 Å². The molecule has 1 aromatic heterocycles. The summed E-state index contributed by atoms with van der Waals surface area (Å²) in [6.45, 7) is 0. The maximum absolute atomic E-state index is 13.5. The molecule has 92 valence electrons. The lowest BCUT2D eigenvalue weighted by Gasteiger charge is -2.09. The Morgan fingerprint density at radius 3 is 2.67 bits per heavy atom. The molecule has 1 heterocycles. The van der Waals surface area contributed by atoms with Gasteiger partial charge in [-0.2, -0.15) is 0 Å². The molecule has 0 fully saturated rings. The number of anilines is 2. The Bertz CT molecular complexity index is 603. The quantitative estimate of drug-likeness (QED) is 0.833. The largest absolute Gasteiger partial charge is 0.388 e. The summed E-state index contributed by atoms with van der Waals surface area (Å²) in [6, 6.07) is 3.76. The van der Waals surface area contributed by atoms with Gasteiger partial charge in [0.15, 0.2) is 17.5 Å². The molecule has 4 nitrogen and oxygen atoms in total. The summed E-state index contributed by atoms with van der Waals surface area (Å²) in [7, 11) is 0. The van der Waals surface area contributed by atoms with Gasteiger partial charge in [-0.05, 0) is 12.1 Å².